The lowest BCUT2D eigenvalue weighted by Gasteiger charge is -2.16. The summed E-state index contributed by atoms with van der Waals surface area (Å²) in [5, 5.41) is 0. The van der Waals surface area contributed by atoms with Crippen molar-refractivity contribution in [3.8, 4) is 0 Å². The van der Waals surface area contributed by atoms with E-state index < -0.39 is 19.2 Å². The topological polar surface area (TPSA) is 46.5 Å². The zero-order chi connectivity index (χ0) is 13.8. The molecule has 2 unspecified atom stereocenters. The molecule has 1 N–H and O–H groups in total. The van der Waals surface area contributed by atoms with E-state index in [1.807, 2.05) is 6.92 Å². The van der Waals surface area contributed by atoms with Crippen molar-refractivity contribution in [2.75, 3.05) is 5.49 Å². The van der Waals surface area contributed by atoms with Crippen molar-refractivity contribution in [3.05, 3.63) is 29.8 Å². The summed E-state index contributed by atoms with van der Waals surface area (Å²) in [5.41, 5.74) is -0.264. The van der Waals surface area contributed by atoms with Gasteiger partial charge in [-0.05, 0) is 25.5 Å². The summed E-state index contributed by atoms with van der Waals surface area (Å²) >= 11 is 0.835. The van der Waals surface area contributed by atoms with Crippen LogP contribution in [0.15, 0.2) is 23.1 Å². The van der Waals surface area contributed by atoms with Crippen LogP contribution in [0.25, 0.3) is 0 Å². The number of halogens is 2. The standard InChI is InChI=1S/C11H15F2O3PS/c1-3-8(2)16-17(14,15)7-18-11-5-4-9(12)6-10(11)13/h4-6,8H,3,7H2,1-2H3,(H,14,15). The number of benzene rings is 1. The number of thioether (sulfide) groups is 1. The predicted molar refractivity (Wildman–Crippen MR) is 67.7 cm³/mol. The lowest BCUT2D eigenvalue weighted by molar-refractivity contribution is 0.188. The molecule has 7 heteroatoms. The van der Waals surface area contributed by atoms with Gasteiger partial charge in [-0.3, -0.25) is 4.57 Å². The molecule has 0 radical (unpaired) electrons. The van der Waals surface area contributed by atoms with E-state index in [2.05, 4.69) is 0 Å². The van der Waals surface area contributed by atoms with Gasteiger partial charge in [0.15, 0.2) is 0 Å². The minimum Gasteiger partial charge on any atom is -0.324 e. The molecule has 1 rings (SSSR count). The molecule has 0 amide bonds. The fourth-order valence-electron chi connectivity index (χ4n) is 1.13. The third kappa shape index (κ3) is 5.06. The van der Waals surface area contributed by atoms with E-state index in [0.717, 1.165) is 23.9 Å². The molecule has 102 valence electrons. The van der Waals surface area contributed by atoms with Crippen LogP contribution in [0.5, 0.6) is 0 Å². The van der Waals surface area contributed by atoms with Gasteiger partial charge < -0.3 is 9.42 Å². The Morgan fingerprint density at radius 3 is 2.72 bits per heavy atom. The molecule has 3 nitrogen and oxygen atoms in total. The third-order valence-electron chi connectivity index (χ3n) is 2.20. The highest BCUT2D eigenvalue weighted by atomic mass is 32.2. The maximum Gasteiger partial charge on any atom is 0.338 e. The Hall–Kier alpha value is -0.420. The van der Waals surface area contributed by atoms with E-state index >= 15 is 0 Å². The first kappa shape index (κ1) is 15.6. The summed E-state index contributed by atoms with van der Waals surface area (Å²) in [4.78, 5) is 9.66. The number of hydrogen-bond acceptors (Lipinski definition) is 3. The number of rotatable bonds is 6. The molecule has 0 aliphatic heterocycles. The molecule has 0 aromatic heterocycles. The van der Waals surface area contributed by atoms with Gasteiger partial charge in [-0.25, -0.2) is 8.78 Å². The van der Waals surface area contributed by atoms with Gasteiger partial charge in [0.05, 0.1) is 6.10 Å². The van der Waals surface area contributed by atoms with Crippen LogP contribution in [0.3, 0.4) is 0 Å². The summed E-state index contributed by atoms with van der Waals surface area (Å²) in [5.74, 6) is -1.43. The summed E-state index contributed by atoms with van der Waals surface area (Å²) in [7, 11) is -3.76. The Bertz CT molecular complexity index is 456. The van der Waals surface area contributed by atoms with Gasteiger partial charge in [0.2, 0.25) is 0 Å². The quantitative estimate of drug-likeness (QED) is 0.636. The molecule has 18 heavy (non-hydrogen) atoms. The minimum absolute atomic E-state index is 0.124. The summed E-state index contributed by atoms with van der Waals surface area (Å²) in [6, 6.07) is 3.07. The van der Waals surface area contributed by atoms with Crippen LogP contribution < -0.4 is 0 Å². The first-order chi connectivity index (χ1) is 8.34. The average Bonchev–Trinajstić information content (AvgIpc) is 2.27. The van der Waals surface area contributed by atoms with Crippen molar-refractivity contribution in [1.29, 1.82) is 0 Å². The van der Waals surface area contributed by atoms with Crippen molar-refractivity contribution in [2.24, 2.45) is 0 Å². The highest BCUT2D eigenvalue weighted by Crippen LogP contribution is 2.48. The SMILES string of the molecule is CCC(C)OP(=O)(O)CSc1ccc(F)cc1F. The van der Waals surface area contributed by atoms with Gasteiger partial charge in [-0.2, -0.15) is 0 Å². The molecule has 0 spiro atoms. The van der Waals surface area contributed by atoms with Crippen LogP contribution in [-0.2, 0) is 9.09 Å². The monoisotopic (exact) mass is 296 g/mol. The molecule has 0 aliphatic carbocycles. The summed E-state index contributed by atoms with van der Waals surface area (Å²) < 4.78 is 42.6. The fraction of sp³-hybridized carbons (Fsp3) is 0.455. The lowest BCUT2D eigenvalue weighted by atomic mass is 10.3. The van der Waals surface area contributed by atoms with E-state index in [4.69, 9.17) is 4.52 Å². The lowest BCUT2D eigenvalue weighted by Crippen LogP contribution is -2.05. The molecule has 0 aliphatic rings. The van der Waals surface area contributed by atoms with Crippen LogP contribution >= 0.6 is 19.4 Å². The van der Waals surface area contributed by atoms with Gasteiger partial charge in [-0.1, -0.05) is 6.92 Å². The Morgan fingerprint density at radius 1 is 1.50 bits per heavy atom. The van der Waals surface area contributed by atoms with Crippen LogP contribution in [-0.4, -0.2) is 16.5 Å². The molecule has 0 bridgehead atoms. The van der Waals surface area contributed by atoms with E-state index in [1.54, 1.807) is 6.92 Å². The summed E-state index contributed by atoms with van der Waals surface area (Å²) in [6.45, 7) is 3.52. The Kier molecular flexibility index (Phi) is 5.79. The molecule has 1 aromatic carbocycles. The molecular weight excluding hydrogens is 281 g/mol. The van der Waals surface area contributed by atoms with Crippen LogP contribution in [0, 0.1) is 11.6 Å². The molecule has 0 saturated heterocycles. The van der Waals surface area contributed by atoms with E-state index in [9.17, 15) is 18.2 Å². The average molecular weight is 296 g/mol. The van der Waals surface area contributed by atoms with Gasteiger partial charge in [0.1, 0.15) is 17.1 Å². The van der Waals surface area contributed by atoms with Crippen molar-refractivity contribution >= 4 is 19.4 Å². The zero-order valence-electron chi connectivity index (χ0n) is 10.1. The fourth-order valence-corrected chi connectivity index (χ4v) is 3.65. The van der Waals surface area contributed by atoms with Gasteiger partial charge in [0, 0.05) is 11.0 Å². The molecule has 1 aromatic rings. The van der Waals surface area contributed by atoms with Crippen LogP contribution in [0.1, 0.15) is 20.3 Å². The second-order valence-corrected chi connectivity index (χ2v) is 7.06. The van der Waals surface area contributed by atoms with Crippen molar-refractivity contribution in [3.63, 3.8) is 0 Å². The minimum atomic E-state index is -3.76. The largest absolute Gasteiger partial charge is 0.338 e. The van der Waals surface area contributed by atoms with Gasteiger partial charge >= 0.3 is 7.60 Å². The molecular formula is C11H15F2O3PS. The predicted octanol–water partition coefficient (Wildman–Crippen LogP) is 4.01. The van der Waals surface area contributed by atoms with Gasteiger partial charge in [-0.15, -0.1) is 11.8 Å². The Morgan fingerprint density at radius 2 is 2.17 bits per heavy atom. The molecule has 0 heterocycles. The maximum atomic E-state index is 13.3. The first-order valence-corrected chi connectivity index (χ1v) is 8.17. The highest BCUT2D eigenvalue weighted by molar-refractivity contribution is 8.04. The first-order valence-electron chi connectivity index (χ1n) is 5.42. The van der Waals surface area contributed by atoms with E-state index in [-0.39, 0.29) is 16.5 Å². The highest BCUT2D eigenvalue weighted by Gasteiger charge is 2.23. The molecule has 2 atom stereocenters. The molecule has 0 fully saturated rings. The van der Waals surface area contributed by atoms with Gasteiger partial charge in [0.25, 0.3) is 0 Å². The van der Waals surface area contributed by atoms with Crippen molar-refractivity contribution < 1.29 is 22.8 Å². The van der Waals surface area contributed by atoms with Crippen LogP contribution in [0.2, 0.25) is 0 Å². The normalized spacial score (nSPS) is 16.3. The summed E-state index contributed by atoms with van der Waals surface area (Å²) in [6.07, 6.45) is 0.277. The maximum absolute atomic E-state index is 13.3. The van der Waals surface area contributed by atoms with E-state index in [1.165, 1.54) is 6.07 Å². The number of hydrogen-bond donors (Lipinski definition) is 1. The van der Waals surface area contributed by atoms with Crippen LogP contribution in [0.4, 0.5) is 8.78 Å². The Labute approximate surface area is 109 Å². The molecule has 0 saturated carbocycles. The Balaban J connectivity index is 2.61. The van der Waals surface area contributed by atoms with E-state index in [0.29, 0.717) is 6.42 Å². The smallest absolute Gasteiger partial charge is 0.324 e. The second kappa shape index (κ2) is 6.66. The second-order valence-electron chi connectivity index (χ2n) is 3.81. The third-order valence-corrected chi connectivity index (χ3v) is 5.35. The van der Waals surface area contributed by atoms with Crippen molar-refractivity contribution in [1.82, 2.24) is 0 Å². The zero-order valence-corrected chi connectivity index (χ0v) is 11.8. The van der Waals surface area contributed by atoms with Crippen molar-refractivity contribution in [2.45, 2.75) is 31.3 Å².